The van der Waals surface area contributed by atoms with Gasteiger partial charge in [-0.05, 0) is 74.0 Å². The molecule has 5 nitrogen and oxygen atoms in total. The predicted molar refractivity (Wildman–Crippen MR) is 208 cm³/mol. The second-order valence-corrected chi connectivity index (χ2v) is 15.3. The minimum atomic E-state index is 0. The Balaban J connectivity index is 0.000000312. The first-order valence-electron chi connectivity index (χ1n) is 18.7. The number of hydrogen-bond acceptors (Lipinski definition) is 5. The summed E-state index contributed by atoms with van der Waals surface area (Å²) in [5.74, 6) is 2.10. The number of ketones is 1. The Labute approximate surface area is 318 Å². The van der Waals surface area contributed by atoms with Gasteiger partial charge in [0.15, 0.2) is 5.78 Å². The fourth-order valence-corrected chi connectivity index (χ4v) is 7.25. The van der Waals surface area contributed by atoms with Crippen molar-refractivity contribution in [2.45, 2.75) is 113 Å². The largest absolute Gasteiger partial charge is 0.512 e. The summed E-state index contributed by atoms with van der Waals surface area (Å²) >= 11 is 0. The zero-order chi connectivity index (χ0) is 36.2. The smallest absolute Gasteiger partial charge is 0.162 e. The van der Waals surface area contributed by atoms with Crippen molar-refractivity contribution in [3.05, 3.63) is 95.1 Å². The molecule has 0 unspecified atom stereocenters. The molecule has 6 heteroatoms. The number of allylic oxidation sites excluding steroid dienone is 2. The van der Waals surface area contributed by atoms with Gasteiger partial charge in [0.05, 0.1) is 5.76 Å². The summed E-state index contributed by atoms with van der Waals surface area (Å²) in [5.41, 5.74) is 9.06. The molecule has 0 saturated carbocycles. The first-order chi connectivity index (χ1) is 23.9. The van der Waals surface area contributed by atoms with E-state index in [0.717, 1.165) is 84.0 Å². The third kappa shape index (κ3) is 8.90. The third-order valence-corrected chi connectivity index (χ3v) is 10.2. The van der Waals surface area contributed by atoms with E-state index in [-0.39, 0.29) is 48.9 Å². The summed E-state index contributed by atoms with van der Waals surface area (Å²) in [6, 6.07) is 18.7. The molecule has 6 rings (SSSR count). The van der Waals surface area contributed by atoms with E-state index in [2.05, 4.69) is 83.3 Å². The average molecular weight is 864 g/mol. The number of aromatic nitrogens is 2. The van der Waals surface area contributed by atoms with E-state index < -0.39 is 0 Å². The van der Waals surface area contributed by atoms with Crippen LogP contribution >= 0.6 is 0 Å². The number of carbonyl (C=O) groups excluding carboxylic acids is 1. The van der Waals surface area contributed by atoms with Crippen LogP contribution < -0.4 is 0 Å². The monoisotopic (exact) mass is 864 g/mol. The summed E-state index contributed by atoms with van der Waals surface area (Å²) in [6.07, 6.45) is 11.7. The maximum Gasteiger partial charge on any atom is 0.162 e. The molecule has 51 heavy (non-hydrogen) atoms. The van der Waals surface area contributed by atoms with E-state index in [1.165, 1.54) is 33.7 Å². The van der Waals surface area contributed by atoms with Crippen molar-refractivity contribution in [2.24, 2.45) is 17.8 Å². The number of furan rings is 1. The topological polar surface area (TPSA) is 76.2 Å². The van der Waals surface area contributed by atoms with Crippen LogP contribution in [0, 0.1) is 23.8 Å². The summed E-state index contributed by atoms with van der Waals surface area (Å²) < 4.78 is 6.54. The van der Waals surface area contributed by atoms with Crippen LogP contribution in [0.4, 0.5) is 0 Å². The molecule has 1 radical (unpaired) electrons. The maximum absolute atomic E-state index is 11.7. The van der Waals surface area contributed by atoms with Crippen LogP contribution in [0.3, 0.4) is 0 Å². The number of pyridine rings is 2. The van der Waals surface area contributed by atoms with Gasteiger partial charge >= 0.3 is 0 Å². The summed E-state index contributed by atoms with van der Waals surface area (Å²) in [6.45, 7) is 19.3. The fraction of sp³-hybridized carbons (Fsp3) is 0.444. The molecule has 0 spiro atoms. The van der Waals surface area contributed by atoms with Crippen molar-refractivity contribution in [3.8, 4) is 22.6 Å². The fourth-order valence-electron chi connectivity index (χ4n) is 7.25. The van der Waals surface area contributed by atoms with Crippen molar-refractivity contribution in [2.75, 3.05) is 0 Å². The molecule has 1 aliphatic carbocycles. The molecule has 273 valence electrons. The molecule has 0 saturated heterocycles. The Morgan fingerprint density at radius 2 is 1.65 bits per heavy atom. The molecule has 0 aliphatic heterocycles. The Morgan fingerprint density at radius 1 is 0.961 bits per heavy atom. The van der Waals surface area contributed by atoms with Gasteiger partial charge in [-0.15, -0.1) is 29.1 Å². The van der Waals surface area contributed by atoms with Gasteiger partial charge < -0.3 is 9.52 Å². The Bertz CT molecular complexity index is 1990. The Kier molecular flexibility index (Phi) is 13.6. The number of aliphatic hydroxyl groups excluding tert-OH is 1. The van der Waals surface area contributed by atoms with Crippen LogP contribution in [0.25, 0.3) is 44.3 Å². The van der Waals surface area contributed by atoms with E-state index in [9.17, 15) is 9.90 Å². The molecule has 0 fully saturated rings. The van der Waals surface area contributed by atoms with Crippen LogP contribution in [0.1, 0.15) is 110 Å². The van der Waals surface area contributed by atoms with E-state index in [1.54, 1.807) is 0 Å². The van der Waals surface area contributed by atoms with Crippen molar-refractivity contribution < 1.29 is 34.4 Å². The van der Waals surface area contributed by atoms with Gasteiger partial charge in [0.2, 0.25) is 0 Å². The van der Waals surface area contributed by atoms with Gasteiger partial charge in [0.25, 0.3) is 0 Å². The number of fused-ring (bicyclic) bond motifs is 6. The molecule has 1 aliphatic rings. The molecule has 3 heterocycles. The van der Waals surface area contributed by atoms with Crippen molar-refractivity contribution in [1.82, 2.24) is 9.97 Å². The number of carbonyl (C=O) groups is 1. The van der Waals surface area contributed by atoms with Gasteiger partial charge in [-0.1, -0.05) is 91.5 Å². The van der Waals surface area contributed by atoms with Crippen molar-refractivity contribution in [3.63, 3.8) is 0 Å². The minimum absolute atomic E-state index is 0. The normalized spacial score (nSPS) is 12.9. The van der Waals surface area contributed by atoms with Gasteiger partial charge in [-0.2, -0.15) is 0 Å². The molecule has 0 atom stereocenters. The molecule has 0 bridgehead atoms. The van der Waals surface area contributed by atoms with Crippen LogP contribution in [-0.4, -0.2) is 20.9 Å². The summed E-state index contributed by atoms with van der Waals surface area (Å²) in [5, 5.41) is 13.3. The van der Waals surface area contributed by atoms with Crippen LogP contribution in [0.2, 0.25) is 0 Å². The number of rotatable bonds is 10. The number of aryl methyl sites for hydroxylation is 2. The van der Waals surface area contributed by atoms with Crippen molar-refractivity contribution in [1.29, 1.82) is 0 Å². The third-order valence-electron chi connectivity index (χ3n) is 10.2. The number of aliphatic hydroxyl groups is 1. The van der Waals surface area contributed by atoms with Gasteiger partial charge in [-0.25, -0.2) is 0 Å². The van der Waals surface area contributed by atoms with Gasteiger partial charge in [-0.3, -0.25) is 14.8 Å². The molecule has 5 aromatic rings. The van der Waals surface area contributed by atoms with Gasteiger partial charge in [0, 0.05) is 78.3 Å². The quantitative estimate of drug-likeness (QED) is 0.0860. The van der Waals surface area contributed by atoms with Crippen LogP contribution in [0.5, 0.6) is 0 Å². The Morgan fingerprint density at radius 3 is 2.29 bits per heavy atom. The molecule has 0 amide bonds. The Hall–Kier alpha value is -3.60. The molecule has 1 N–H and O–H groups in total. The van der Waals surface area contributed by atoms with E-state index in [4.69, 9.17) is 14.4 Å². The van der Waals surface area contributed by atoms with E-state index >= 15 is 0 Å². The average Bonchev–Trinajstić information content (AvgIpc) is 3.48. The summed E-state index contributed by atoms with van der Waals surface area (Å²) in [4.78, 5) is 21.3. The summed E-state index contributed by atoms with van der Waals surface area (Å²) in [7, 11) is 0. The second-order valence-electron chi connectivity index (χ2n) is 15.3. The zero-order valence-corrected chi connectivity index (χ0v) is 34.3. The first kappa shape index (κ1) is 40.2. The zero-order valence-electron chi connectivity index (χ0n) is 31.9. The molecular weight excluding hydrogens is 809 g/mol. The van der Waals surface area contributed by atoms with Crippen LogP contribution in [0.15, 0.2) is 71.1 Å². The molecule has 2 aromatic carbocycles. The van der Waals surface area contributed by atoms with E-state index in [0.29, 0.717) is 5.92 Å². The molecular formula is C45H55IrN2O3-. The number of nitrogens with zero attached hydrogens (tertiary/aromatic N) is 2. The minimum Gasteiger partial charge on any atom is -0.512 e. The molecule has 3 aromatic heterocycles. The van der Waals surface area contributed by atoms with Gasteiger partial charge in [0.1, 0.15) is 11.3 Å². The second kappa shape index (κ2) is 17.3. The van der Waals surface area contributed by atoms with E-state index in [1.807, 2.05) is 40.0 Å². The predicted octanol–water partition coefficient (Wildman–Crippen LogP) is 12.0. The standard InChI is InChI=1S/C32H31N2O.C13H24O2.Ir/c1-19(2)14-23-17-26-21(18-34-23)10-11-25-29-28(35-31(25)26)12-13-33-30(29)22-15-20-8-6-7-9-24(20)27(16-22)32(3,4)5;1-5-10(6-2)12(14)9-13(15)11(7-3)8-4;/h6-9,12-13,16-19H,10-11,14H2,1-5H3;9-11,14H,5-8H2,1-4H3;/q-1;;/b;12-9-;. The van der Waals surface area contributed by atoms with Crippen molar-refractivity contribution >= 4 is 27.5 Å². The number of benzene rings is 2. The van der Waals surface area contributed by atoms with Crippen LogP contribution in [-0.2, 0) is 49.6 Å². The number of hydrogen-bond donors (Lipinski definition) is 1. The SMILES string of the molecule is CC(C)Cc1cc2c(cn1)CCc1c-2oc2ccnc(-c3[c-]c4ccccc4c(C(C)(C)C)c3)c12.CCC(CC)C(=O)/C=C(\O)C(CC)CC.[Ir]. The maximum atomic E-state index is 11.7. The first-order valence-corrected chi connectivity index (χ1v) is 18.7.